The molecule has 16 rings (SSSR count). The Morgan fingerprint density at radius 2 is 0.648 bits per heavy atom. The van der Waals surface area contributed by atoms with Crippen molar-refractivity contribution < 1.29 is 0 Å². The van der Waals surface area contributed by atoms with Crippen LogP contribution in [0.25, 0.3) is 87.3 Å². The third-order valence-corrected chi connectivity index (χ3v) is 20.3. The third kappa shape index (κ3) is 8.45. The Balaban J connectivity index is 1.00. The van der Waals surface area contributed by atoms with Gasteiger partial charge in [0.1, 0.15) is 0 Å². The summed E-state index contributed by atoms with van der Waals surface area (Å²) in [6.45, 7) is 18.9. The average molecular weight is 1140 g/mol. The Morgan fingerprint density at radius 3 is 1.08 bits per heavy atom. The molecule has 0 saturated heterocycles. The first kappa shape index (κ1) is 54.3. The van der Waals surface area contributed by atoms with Crippen LogP contribution in [-0.2, 0) is 25.7 Å². The summed E-state index contributed by atoms with van der Waals surface area (Å²) in [6, 6.07) is 80.4. The summed E-state index contributed by atoms with van der Waals surface area (Å²) < 4.78 is 5.11. The van der Waals surface area contributed by atoms with Crippen LogP contribution < -0.4 is 9.80 Å². The summed E-state index contributed by atoms with van der Waals surface area (Å²) in [6.07, 6.45) is 9.16. The molecule has 12 aromatic carbocycles. The van der Waals surface area contributed by atoms with E-state index in [1.54, 1.807) is 0 Å². The van der Waals surface area contributed by atoms with Crippen LogP contribution in [0.3, 0.4) is 0 Å². The number of fused-ring (bicyclic) bond motifs is 8. The van der Waals surface area contributed by atoms with Gasteiger partial charge in [0.15, 0.2) is 0 Å². The van der Waals surface area contributed by atoms with Gasteiger partial charge in [-0.25, -0.2) is 0 Å². The van der Waals surface area contributed by atoms with E-state index in [4.69, 9.17) is 0 Å². The maximum Gasteiger partial charge on any atom is 0.0562 e. The smallest absolute Gasteiger partial charge is 0.0562 e. The molecule has 2 aliphatic rings. The number of rotatable bonds is 12. The van der Waals surface area contributed by atoms with E-state index in [2.05, 4.69) is 281 Å². The molecule has 14 aromatic rings. The van der Waals surface area contributed by atoms with Gasteiger partial charge in [-0.3, -0.25) is 0 Å². The monoisotopic (exact) mass is 1140 g/mol. The van der Waals surface area contributed by atoms with Gasteiger partial charge in [0.25, 0.3) is 0 Å². The summed E-state index contributed by atoms with van der Waals surface area (Å²) in [5.41, 5.74) is 26.2. The largest absolute Gasteiger partial charge is 0.309 e. The van der Waals surface area contributed by atoms with Crippen molar-refractivity contribution in [2.24, 2.45) is 0 Å². The number of para-hydroxylation sites is 4. The molecule has 2 aromatic heterocycles. The van der Waals surface area contributed by atoms with E-state index >= 15 is 0 Å². The molecule has 0 bridgehead atoms. The van der Waals surface area contributed by atoms with Gasteiger partial charge >= 0.3 is 0 Å². The van der Waals surface area contributed by atoms with E-state index in [0.29, 0.717) is 11.8 Å². The van der Waals surface area contributed by atoms with Gasteiger partial charge in [0, 0.05) is 66.4 Å². The zero-order valence-electron chi connectivity index (χ0n) is 52.4. The number of aromatic nitrogens is 2. The summed E-state index contributed by atoms with van der Waals surface area (Å²) in [5.74, 6) is 1.21. The normalized spacial score (nSPS) is 13.7. The van der Waals surface area contributed by atoms with Crippen LogP contribution in [0.2, 0.25) is 0 Å². The number of aryl methyl sites for hydroxylation is 2. The lowest BCUT2D eigenvalue weighted by atomic mass is 9.83. The Kier molecular flexibility index (Phi) is 13.2. The fourth-order valence-electron chi connectivity index (χ4n) is 16.2. The molecule has 0 aliphatic heterocycles. The molecule has 2 aliphatic carbocycles. The Morgan fingerprint density at radius 1 is 0.284 bits per heavy atom. The highest BCUT2D eigenvalue weighted by molar-refractivity contribution is 6.30. The highest BCUT2D eigenvalue weighted by atomic mass is 15.2. The molecular formula is C84H78N4. The fraction of sp³-hybridized carbons (Fsp3) is 0.238. The lowest BCUT2D eigenvalue weighted by molar-refractivity contribution is 0.686. The number of benzene rings is 12. The van der Waals surface area contributed by atoms with Gasteiger partial charge in [0.05, 0.1) is 33.4 Å². The molecular weight excluding hydrogens is 1060 g/mol. The Hall–Kier alpha value is -9.12. The zero-order valence-corrected chi connectivity index (χ0v) is 52.4. The SMILES string of the molecule is CC(C)c1ccccc1-n1c2ccccc2c2ccc(N(c3cccc4c3CCCC4)c3cc(C(C)C)c4ccc5c(N(c6ccc7c8ccccc8n(-c8ccccc8C(C)C)c7c6)c6cccc7c6CCCC7)cc(C(C)C)c6ccc3c4c65)cc21. The first-order valence-electron chi connectivity index (χ1n) is 32.9. The molecule has 0 unspecified atom stereocenters. The van der Waals surface area contributed by atoms with Crippen LogP contribution in [0.15, 0.2) is 206 Å². The van der Waals surface area contributed by atoms with E-state index in [9.17, 15) is 0 Å². The maximum absolute atomic E-state index is 2.69. The Labute approximate surface area is 518 Å². The van der Waals surface area contributed by atoms with E-state index in [1.807, 2.05) is 0 Å². The van der Waals surface area contributed by atoms with Crippen molar-refractivity contribution in [3.63, 3.8) is 0 Å². The van der Waals surface area contributed by atoms with Crippen molar-refractivity contribution in [3.8, 4) is 11.4 Å². The van der Waals surface area contributed by atoms with Crippen molar-refractivity contribution in [2.75, 3.05) is 9.80 Å². The van der Waals surface area contributed by atoms with Crippen molar-refractivity contribution >= 4 is 110 Å². The molecule has 4 heteroatoms. The lowest BCUT2D eigenvalue weighted by Gasteiger charge is -2.34. The number of hydrogen-bond acceptors (Lipinski definition) is 2. The van der Waals surface area contributed by atoms with Gasteiger partial charge in [0.2, 0.25) is 0 Å². The topological polar surface area (TPSA) is 16.3 Å². The van der Waals surface area contributed by atoms with Crippen LogP contribution >= 0.6 is 0 Å². The van der Waals surface area contributed by atoms with E-state index in [-0.39, 0.29) is 11.8 Å². The molecule has 0 atom stereocenters. The molecule has 0 spiro atoms. The first-order valence-corrected chi connectivity index (χ1v) is 32.9. The Bertz CT molecular complexity index is 4760. The minimum absolute atomic E-state index is 0.253. The average Bonchev–Trinajstić information content (AvgIpc) is 0.966. The van der Waals surface area contributed by atoms with E-state index < -0.39 is 0 Å². The van der Waals surface area contributed by atoms with Crippen LogP contribution in [0.5, 0.6) is 0 Å². The third-order valence-electron chi connectivity index (χ3n) is 20.3. The van der Waals surface area contributed by atoms with Gasteiger partial charge in [-0.2, -0.15) is 0 Å². The summed E-state index contributed by atoms with van der Waals surface area (Å²) in [7, 11) is 0. The van der Waals surface area contributed by atoms with Gasteiger partial charge in [-0.05, 0) is 214 Å². The quantitative estimate of drug-likeness (QED) is 0.113. The highest BCUT2D eigenvalue weighted by Crippen LogP contribution is 2.54. The van der Waals surface area contributed by atoms with Gasteiger partial charge in [-0.15, -0.1) is 0 Å². The molecule has 0 N–H and O–H groups in total. The second-order valence-corrected chi connectivity index (χ2v) is 26.8. The van der Waals surface area contributed by atoms with Gasteiger partial charge < -0.3 is 18.9 Å². The molecule has 88 heavy (non-hydrogen) atoms. The summed E-state index contributed by atoms with van der Waals surface area (Å²) in [4.78, 5) is 5.38. The van der Waals surface area contributed by atoms with Crippen molar-refractivity contribution in [1.29, 1.82) is 0 Å². The predicted octanol–water partition coefficient (Wildman–Crippen LogP) is 24.0. The minimum Gasteiger partial charge on any atom is -0.309 e. The molecule has 2 heterocycles. The van der Waals surface area contributed by atoms with Crippen LogP contribution in [0.1, 0.15) is 149 Å². The second-order valence-electron chi connectivity index (χ2n) is 26.8. The predicted molar refractivity (Wildman–Crippen MR) is 378 cm³/mol. The number of hydrogen-bond donors (Lipinski definition) is 0. The minimum atomic E-state index is 0.253. The molecule has 0 radical (unpaired) electrons. The van der Waals surface area contributed by atoms with E-state index in [0.717, 1.165) is 25.7 Å². The molecule has 0 fully saturated rings. The second kappa shape index (κ2) is 21.3. The lowest BCUT2D eigenvalue weighted by Crippen LogP contribution is -2.17. The van der Waals surface area contributed by atoms with E-state index in [1.165, 1.54) is 192 Å². The van der Waals surface area contributed by atoms with Crippen LogP contribution in [0, 0.1) is 0 Å². The highest BCUT2D eigenvalue weighted by Gasteiger charge is 2.31. The summed E-state index contributed by atoms with van der Waals surface area (Å²) in [5, 5.41) is 13.0. The standard InChI is InChI=1S/C84H78N4/c1-51(2)59-27-13-17-33-73(59)87-77-35-19-15-31-63(77)65-41-39-57(47-79(65)87)85(75-37-21-25-55-23-9-11-29-61(55)75)81-49-71(53(5)6)67-44-46-70-82(50-72(54(7)8)68-43-45-69(81)83(67)84(68)70)86(76-38-22-26-56-24-10-12-30-62(56)76)58-40-42-66-64-32-16-20-36-78(64)88(80(66)48-58)74-34-18-14-28-60(74)52(3)4/h13-22,25-28,31-54H,9-12,23-24,29-30H2,1-8H3. The molecule has 4 nitrogen and oxygen atoms in total. The fourth-order valence-corrected chi connectivity index (χ4v) is 16.2. The maximum atomic E-state index is 2.69. The molecule has 0 amide bonds. The number of anilines is 6. The summed E-state index contributed by atoms with van der Waals surface area (Å²) >= 11 is 0. The van der Waals surface area contributed by atoms with Crippen LogP contribution in [-0.4, -0.2) is 9.13 Å². The van der Waals surface area contributed by atoms with Crippen molar-refractivity contribution in [1.82, 2.24) is 9.13 Å². The number of nitrogens with zero attached hydrogens (tertiary/aromatic N) is 4. The zero-order chi connectivity index (χ0) is 59.6. The molecule has 0 saturated carbocycles. The van der Waals surface area contributed by atoms with Gasteiger partial charge in [-0.1, -0.05) is 189 Å². The van der Waals surface area contributed by atoms with Crippen molar-refractivity contribution in [3.05, 3.63) is 251 Å². The molecule has 434 valence electrons. The first-order chi connectivity index (χ1) is 43.0. The van der Waals surface area contributed by atoms with Crippen LogP contribution in [0.4, 0.5) is 34.1 Å². The van der Waals surface area contributed by atoms with Crippen molar-refractivity contribution in [2.45, 2.75) is 130 Å².